The van der Waals surface area contributed by atoms with Crippen molar-refractivity contribution in [1.82, 2.24) is 4.90 Å². The molecule has 2 rings (SSSR count). The summed E-state index contributed by atoms with van der Waals surface area (Å²) in [6.45, 7) is 3.79. The maximum absolute atomic E-state index is 13.6. The molecule has 0 aliphatic carbocycles. The van der Waals surface area contributed by atoms with E-state index in [9.17, 15) is 9.18 Å². The van der Waals surface area contributed by atoms with Gasteiger partial charge in [0.15, 0.2) is 0 Å². The number of hydrogen-bond donors (Lipinski definition) is 1. The van der Waals surface area contributed by atoms with Crippen molar-refractivity contribution < 1.29 is 14.3 Å². The number of likely N-dealkylation sites (tertiary alicyclic amines) is 1. The molecule has 1 aromatic carbocycles. The number of aliphatic carboxylic acids is 1. The smallest absolute Gasteiger partial charge is 0.307 e. The Morgan fingerprint density at radius 3 is 3.06 bits per heavy atom. The summed E-state index contributed by atoms with van der Waals surface area (Å²) in [6.07, 6.45) is 1.59. The van der Waals surface area contributed by atoms with Gasteiger partial charge in [0.05, 0.1) is 5.92 Å². The molecule has 3 nitrogen and oxygen atoms in total. The Bertz CT molecular complexity index is 447. The first-order valence-electron chi connectivity index (χ1n) is 6.26. The predicted molar refractivity (Wildman–Crippen MR) is 66.8 cm³/mol. The number of carboxylic acid groups (broad SMARTS) is 1. The second-order valence-electron chi connectivity index (χ2n) is 5.01. The second-order valence-corrected chi connectivity index (χ2v) is 5.01. The normalized spacial score (nSPS) is 20.9. The Morgan fingerprint density at radius 1 is 1.56 bits per heavy atom. The molecule has 1 aliphatic rings. The highest BCUT2D eigenvalue weighted by molar-refractivity contribution is 5.70. The highest BCUT2D eigenvalue weighted by Gasteiger charge is 2.25. The number of halogens is 1. The van der Waals surface area contributed by atoms with Crippen LogP contribution in [0.2, 0.25) is 0 Å². The summed E-state index contributed by atoms with van der Waals surface area (Å²) in [7, 11) is 0. The summed E-state index contributed by atoms with van der Waals surface area (Å²) in [5, 5.41) is 9.02. The van der Waals surface area contributed by atoms with Crippen molar-refractivity contribution in [3.8, 4) is 0 Å². The molecule has 1 unspecified atom stereocenters. The van der Waals surface area contributed by atoms with E-state index in [-0.39, 0.29) is 11.7 Å². The van der Waals surface area contributed by atoms with Crippen molar-refractivity contribution >= 4 is 5.97 Å². The maximum atomic E-state index is 13.6. The van der Waals surface area contributed by atoms with Crippen LogP contribution in [-0.2, 0) is 11.3 Å². The lowest BCUT2D eigenvalue weighted by atomic mass is 9.97. The molecule has 1 saturated heterocycles. The van der Waals surface area contributed by atoms with Crippen molar-refractivity contribution in [2.24, 2.45) is 5.92 Å². The van der Waals surface area contributed by atoms with Crippen LogP contribution in [-0.4, -0.2) is 29.1 Å². The minimum atomic E-state index is -0.746. The molecule has 1 N–H and O–H groups in total. The molecule has 0 amide bonds. The van der Waals surface area contributed by atoms with Gasteiger partial charge in [-0.2, -0.15) is 0 Å². The fourth-order valence-corrected chi connectivity index (χ4v) is 2.47. The van der Waals surface area contributed by atoms with Gasteiger partial charge < -0.3 is 5.11 Å². The van der Waals surface area contributed by atoms with Gasteiger partial charge >= 0.3 is 5.97 Å². The van der Waals surface area contributed by atoms with Gasteiger partial charge in [0.25, 0.3) is 0 Å². The Morgan fingerprint density at radius 2 is 2.33 bits per heavy atom. The van der Waals surface area contributed by atoms with Crippen LogP contribution in [0.1, 0.15) is 24.0 Å². The highest BCUT2D eigenvalue weighted by Crippen LogP contribution is 2.20. The molecular weight excluding hydrogens is 233 g/mol. The van der Waals surface area contributed by atoms with Crippen LogP contribution in [0, 0.1) is 18.7 Å². The van der Waals surface area contributed by atoms with Gasteiger partial charge in [-0.15, -0.1) is 0 Å². The highest BCUT2D eigenvalue weighted by atomic mass is 19.1. The minimum absolute atomic E-state index is 0.210. The quantitative estimate of drug-likeness (QED) is 0.897. The number of rotatable bonds is 3. The van der Waals surface area contributed by atoms with E-state index in [1.165, 1.54) is 6.07 Å². The summed E-state index contributed by atoms with van der Waals surface area (Å²) in [5.41, 5.74) is 1.68. The number of piperidine rings is 1. The SMILES string of the molecule is Cc1ccc(F)c(CN2CCCC(C(=O)O)C2)c1. The number of hydrogen-bond acceptors (Lipinski definition) is 2. The van der Waals surface area contributed by atoms with Gasteiger partial charge in [0.1, 0.15) is 5.82 Å². The molecule has 4 heteroatoms. The molecule has 18 heavy (non-hydrogen) atoms. The van der Waals surface area contributed by atoms with Crippen molar-refractivity contribution in [3.63, 3.8) is 0 Å². The van der Waals surface area contributed by atoms with E-state index >= 15 is 0 Å². The third-order valence-electron chi connectivity index (χ3n) is 3.45. The van der Waals surface area contributed by atoms with Crippen LogP contribution < -0.4 is 0 Å². The molecule has 1 aliphatic heterocycles. The zero-order chi connectivity index (χ0) is 13.1. The predicted octanol–water partition coefficient (Wildman–Crippen LogP) is 2.43. The average Bonchev–Trinajstić information content (AvgIpc) is 2.34. The Kier molecular flexibility index (Phi) is 3.97. The molecule has 1 fully saturated rings. The van der Waals surface area contributed by atoms with Crippen molar-refractivity contribution in [3.05, 3.63) is 35.1 Å². The molecule has 1 aromatic rings. The van der Waals surface area contributed by atoms with Crippen molar-refractivity contribution in [2.75, 3.05) is 13.1 Å². The summed E-state index contributed by atoms with van der Waals surface area (Å²) < 4.78 is 13.6. The van der Waals surface area contributed by atoms with Gasteiger partial charge in [-0.05, 0) is 32.4 Å². The number of nitrogens with zero attached hydrogens (tertiary/aromatic N) is 1. The van der Waals surface area contributed by atoms with E-state index < -0.39 is 5.97 Å². The third kappa shape index (κ3) is 3.07. The van der Waals surface area contributed by atoms with Crippen LogP contribution in [0.25, 0.3) is 0 Å². The molecule has 0 radical (unpaired) electrons. The summed E-state index contributed by atoms with van der Waals surface area (Å²) >= 11 is 0. The van der Waals surface area contributed by atoms with E-state index in [2.05, 4.69) is 0 Å². The van der Waals surface area contributed by atoms with Crippen molar-refractivity contribution in [1.29, 1.82) is 0 Å². The maximum Gasteiger partial charge on any atom is 0.307 e. The van der Waals surface area contributed by atoms with Gasteiger partial charge in [-0.3, -0.25) is 9.69 Å². The van der Waals surface area contributed by atoms with Gasteiger partial charge in [0.2, 0.25) is 0 Å². The largest absolute Gasteiger partial charge is 0.481 e. The molecular formula is C14H18FNO2. The third-order valence-corrected chi connectivity index (χ3v) is 3.45. The first kappa shape index (κ1) is 13.0. The summed E-state index contributed by atoms with van der Waals surface area (Å²) in [4.78, 5) is 13.0. The molecule has 0 saturated carbocycles. The van der Waals surface area contributed by atoms with Gasteiger partial charge in [-0.25, -0.2) is 4.39 Å². The number of carboxylic acids is 1. The van der Waals surface area contributed by atoms with Crippen molar-refractivity contribution in [2.45, 2.75) is 26.3 Å². The lowest BCUT2D eigenvalue weighted by Crippen LogP contribution is -2.38. The van der Waals surface area contributed by atoms with Crippen LogP contribution in [0.3, 0.4) is 0 Å². The van der Waals surface area contributed by atoms with E-state index in [4.69, 9.17) is 5.11 Å². The lowest BCUT2D eigenvalue weighted by Gasteiger charge is -2.30. The van der Waals surface area contributed by atoms with Crippen LogP contribution in [0.5, 0.6) is 0 Å². The Balaban J connectivity index is 2.04. The molecule has 0 bridgehead atoms. The molecule has 1 atom stereocenters. The first-order valence-corrected chi connectivity index (χ1v) is 6.26. The Labute approximate surface area is 106 Å². The van der Waals surface area contributed by atoms with E-state index in [0.717, 1.165) is 24.9 Å². The fourth-order valence-electron chi connectivity index (χ4n) is 2.47. The average molecular weight is 251 g/mol. The lowest BCUT2D eigenvalue weighted by molar-refractivity contribution is -0.143. The second kappa shape index (κ2) is 5.48. The molecule has 0 spiro atoms. The minimum Gasteiger partial charge on any atom is -0.481 e. The molecule has 98 valence electrons. The molecule has 1 heterocycles. The van der Waals surface area contributed by atoms with Crippen LogP contribution in [0.4, 0.5) is 4.39 Å². The zero-order valence-corrected chi connectivity index (χ0v) is 10.5. The van der Waals surface area contributed by atoms with E-state index in [0.29, 0.717) is 18.7 Å². The summed E-state index contributed by atoms with van der Waals surface area (Å²) in [5.74, 6) is -1.27. The van der Waals surface area contributed by atoms with E-state index in [1.54, 1.807) is 6.07 Å². The van der Waals surface area contributed by atoms with Gasteiger partial charge in [-0.1, -0.05) is 17.7 Å². The van der Waals surface area contributed by atoms with Crippen LogP contribution >= 0.6 is 0 Å². The monoisotopic (exact) mass is 251 g/mol. The summed E-state index contributed by atoms with van der Waals surface area (Å²) in [6, 6.07) is 5.05. The van der Waals surface area contributed by atoms with Gasteiger partial charge in [0, 0.05) is 18.7 Å². The first-order chi connectivity index (χ1) is 8.56. The van der Waals surface area contributed by atoms with E-state index in [1.807, 2.05) is 17.9 Å². The zero-order valence-electron chi connectivity index (χ0n) is 10.5. The number of aryl methyl sites for hydroxylation is 1. The topological polar surface area (TPSA) is 40.5 Å². The van der Waals surface area contributed by atoms with Crippen LogP contribution in [0.15, 0.2) is 18.2 Å². The standard InChI is InChI=1S/C14H18FNO2/c1-10-4-5-13(15)12(7-10)9-16-6-2-3-11(8-16)14(17)18/h4-5,7,11H,2-3,6,8-9H2,1H3,(H,17,18). The number of carbonyl (C=O) groups is 1. The Hall–Kier alpha value is -1.42. The number of benzene rings is 1. The fraction of sp³-hybridized carbons (Fsp3) is 0.500. The molecule has 0 aromatic heterocycles.